The summed E-state index contributed by atoms with van der Waals surface area (Å²) in [5, 5.41) is 15.8. The molecule has 0 aliphatic carbocycles. The van der Waals surface area contributed by atoms with Crippen molar-refractivity contribution in [2.45, 2.75) is 6.54 Å². The summed E-state index contributed by atoms with van der Waals surface area (Å²) in [5.41, 5.74) is -0.596. The third-order valence-corrected chi connectivity index (χ3v) is 4.32. The predicted octanol–water partition coefficient (Wildman–Crippen LogP) is 3.10. The Morgan fingerprint density at radius 1 is 1.13 bits per heavy atom. The van der Waals surface area contributed by atoms with E-state index in [1.54, 1.807) is 23.0 Å². The predicted molar refractivity (Wildman–Crippen MR) is 97.2 cm³/mol. The van der Waals surface area contributed by atoms with Crippen molar-refractivity contribution in [1.82, 2.24) is 19.6 Å². The molecule has 2 aromatic carbocycles. The lowest BCUT2D eigenvalue weighted by Crippen LogP contribution is -2.17. The normalized spacial score (nSPS) is 11.0. The number of rotatable bonds is 4. The minimum atomic E-state index is -1.79. The number of carboxylic acid groups (broad SMARTS) is 1. The largest absolute Gasteiger partial charge is 0.511 e. The molecular weight excluding hydrogens is 405 g/mol. The molecule has 0 fully saturated rings. The van der Waals surface area contributed by atoms with Gasteiger partial charge in [0.2, 0.25) is 5.43 Å². The first-order chi connectivity index (χ1) is 14.3. The number of pyridine rings is 1. The molecule has 0 saturated carbocycles. The van der Waals surface area contributed by atoms with Crippen molar-refractivity contribution < 1.29 is 27.8 Å². The fourth-order valence-corrected chi connectivity index (χ4v) is 3.00. The van der Waals surface area contributed by atoms with Crippen LogP contribution in [0.4, 0.5) is 18.0 Å². The van der Waals surface area contributed by atoms with E-state index in [9.17, 15) is 22.8 Å². The number of benzene rings is 2. The van der Waals surface area contributed by atoms with Gasteiger partial charge in [0.05, 0.1) is 29.8 Å². The second-order valence-electron chi connectivity index (χ2n) is 6.21. The monoisotopic (exact) mass is 416 g/mol. The molecule has 0 bridgehead atoms. The van der Waals surface area contributed by atoms with Crippen LogP contribution in [0.5, 0.6) is 5.75 Å². The highest BCUT2D eigenvalue weighted by molar-refractivity contribution is 5.83. The first-order valence-electron chi connectivity index (χ1n) is 8.42. The summed E-state index contributed by atoms with van der Waals surface area (Å²) in [6.07, 6.45) is 2.29. The van der Waals surface area contributed by atoms with Gasteiger partial charge in [-0.3, -0.25) is 4.79 Å². The first-order valence-corrected chi connectivity index (χ1v) is 8.42. The summed E-state index contributed by atoms with van der Waals surface area (Å²) in [4.78, 5) is 23.3. The van der Waals surface area contributed by atoms with Gasteiger partial charge in [-0.2, -0.15) is 0 Å². The number of hydrogen-bond donors (Lipinski definition) is 1. The van der Waals surface area contributed by atoms with Gasteiger partial charge in [0.25, 0.3) is 0 Å². The van der Waals surface area contributed by atoms with Gasteiger partial charge in [-0.15, -0.1) is 5.10 Å². The van der Waals surface area contributed by atoms with Crippen molar-refractivity contribution in [2.24, 2.45) is 0 Å². The van der Waals surface area contributed by atoms with E-state index in [2.05, 4.69) is 15.0 Å². The van der Waals surface area contributed by atoms with E-state index in [1.807, 2.05) is 0 Å². The molecule has 2 heterocycles. The van der Waals surface area contributed by atoms with Crippen LogP contribution in [0, 0.1) is 17.5 Å². The van der Waals surface area contributed by atoms with Crippen LogP contribution in [-0.4, -0.2) is 30.8 Å². The van der Waals surface area contributed by atoms with E-state index in [1.165, 1.54) is 18.3 Å². The molecule has 152 valence electrons. The van der Waals surface area contributed by atoms with E-state index in [-0.39, 0.29) is 5.69 Å². The van der Waals surface area contributed by atoms with Gasteiger partial charge >= 0.3 is 6.16 Å². The lowest BCUT2D eigenvalue weighted by molar-refractivity contribution is 0.144. The van der Waals surface area contributed by atoms with Crippen molar-refractivity contribution in [3.8, 4) is 11.4 Å². The number of aromatic nitrogens is 4. The third kappa shape index (κ3) is 3.36. The van der Waals surface area contributed by atoms with E-state index >= 15 is 0 Å². The summed E-state index contributed by atoms with van der Waals surface area (Å²) in [6, 6.07) is 6.89. The van der Waals surface area contributed by atoms with Gasteiger partial charge in [0.1, 0.15) is 0 Å². The molecule has 2 aromatic heterocycles. The Morgan fingerprint density at radius 3 is 2.50 bits per heavy atom. The third-order valence-electron chi connectivity index (χ3n) is 4.32. The average Bonchev–Trinajstić information content (AvgIpc) is 3.22. The lowest BCUT2D eigenvalue weighted by atomic mass is 10.1. The molecule has 0 radical (unpaired) electrons. The van der Waals surface area contributed by atoms with Crippen LogP contribution in [0.1, 0.15) is 5.56 Å². The number of hydrogen-bond acceptors (Lipinski definition) is 5. The molecule has 0 amide bonds. The second kappa shape index (κ2) is 7.35. The topological polar surface area (TPSA) is 99.2 Å². The van der Waals surface area contributed by atoms with Gasteiger partial charge in [-0.25, -0.2) is 22.6 Å². The fraction of sp³-hybridized carbons (Fsp3) is 0.0526. The Bertz CT molecular complexity index is 1320. The number of ether oxygens (including phenoxy) is 1. The highest BCUT2D eigenvalue weighted by Crippen LogP contribution is 2.26. The van der Waals surface area contributed by atoms with Crippen molar-refractivity contribution in [3.63, 3.8) is 0 Å². The number of fused-ring (bicyclic) bond motifs is 1. The van der Waals surface area contributed by atoms with Crippen molar-refractivity contribution in [1.29, 1.82) is 0 Å². The Labute approximate surface area is 165 Å². The van der Waals surface area contributed by atoms with Gasteiger partial charge in [-0.1, -0.05) is 17.3 Å². The Kier molecular flexibility index (Phi) is 4.70. The molecule has 0 unspecified atom stereocenters. The molecule has 30 heavy (non-hydrogen) atoms. The summed E-state index contributed by atoms with van der Waals surface area (Å²) in [6.45, 7) is 0.396. The molecule has 4 rings (SSSR count). The molecule has 1 N–H and O–H groups in total. The quantitative estimate of drug-likeness (QED) is 0.406. The van der Waals surface area contributed by atoms with Crippen molar-refractivity contribution in [2.75, 3.05) is 0 Å². The maximum atomic E-state index is 14.6. The molecule has 0 spiro atoms. The lowest BCUT2D eigenvalue weighted by Gasteiger charge is -2.15. The van der Waals surface area contributed by atoms with Gasteiger partial charge < -0.3 is 14.4 Å². The zero-order chi connectivity index (χ0) is 21.4. The highest BCUT2D eigenvalue weighted by Gasteiger charge is 2.22. The van der Waals surface area contributed by atoms with E-state index in [0.29, 0.717) is 12.6 Å². The van der Waals surface area contributed by atoms with Crippen molar-refractivity contribution >= 4 is 17.1 Å². The molecule has 0 aliphatic heterocycles. The molecular formula is C19H11F3N4O4. The highest BCUT2D eigenvalue weighted by atomic mass is 19.2. The van der Waals surface area contributed by atoms with Crippen LogP contribution in [0.25, 0.3) is 16.6 Å². The van der Waals surface area contributed by atoms with E-state index in [4.69, 9.17) is 5.11 Å². The van der Waals surface area contributed by atoms with Crippen LogP contribution >= 0.6 is 0 Å². The Hall–Kier alpha value is -4.15. The summed E-state index contributed by atoms with van der Waals surface area (Å²) in [7, 11) is 0. The Balaban J connectivity index is 1.90. The van der Waals surface area contributed by atoms with E-state index < -0.39 is 45.7 Å². The van der Waals surface area contributed by atoms with E-state index in [0.717, 1.165) is 16.3 Å². The molecule has 8 nitrogen and oxygen atoms in total. The van der Waals surface area contributed by atoms with Crippen LogP contribution in [0.3, 0.4) is 0 Å². The average molecular weight is 416 g/mol. The SMILES string of the molecule is O=C(O)Oc1cn(-c2ccc(Cn3ccnn3)cc2)c2c(F)c(F)c(F)cc2c1=O. The zero-order valence-electron chi connectivity index (χ0n) is 14.9. The molecule has 0 saturated heterocycles. The molecule has 0 atom stereocenters. The van der Waals surface area contributed by atoms with Crippen LogP contribution in [0.15, 0.2) is 53.7 Å². The minimum Gasteiger partial charge on any atom is -0.449 e. The maximum absolute atomic E-state index is 14.6. The maximum Gasteiger partial charge on any atom is 0.511 e. The zero-order valence-corrected chi connectivity index (χ0v) is 14.9. The summed E-state index contributed by atoms with van der Waals surface area (Å²) >= 11 is 0. The number of nitrogens with zero attached hydrogens (tertiary/aromatic N) is 4. The summed E-state index contributed by atoms with van der Waals surface area (Å²) in [5.74, 6) is -5.62. The number of halogens is 3. The number of carbonyl (C=O) groups is 1. The molecule has 11 heteroatoms. The van der Waals surface area contributed by atoms with Crippen LogP contribution in [-0.2, 0) is 6.54 Å². The van der Waals surface area contributed by atoms with Gasteiger partial charge in [0.15, 0.2) is 23.2 Å². The Morgan fingerprint density at radius 2 is 1.87 bits per heavy atom. The second-order valence-corrected chi connectivity index (χ2v) is 6.21. The van der Waals surface area contributed by atoms with Crippen molar-refractivity contribution in [3.05, 3.63) is 82.2 Å². The fourth-order valence-electron chi connectivity index (χ4n) is 3.00. The van der Waals surface area contributed by atoms with Gasteiger partial charge in [-0.05, 0) is 23.8 Å². The molecule has 0 aliphatic rings. The van der Waals surface area contributed by atoms with Crippen LogP contribution in [0.2, 0.25) is 0 Å². The minimum absolute atomic E-state index is 0.252. The standard InChI is InChI=1S/C19H11F3N4O4/c20-13-7-12-17(16(22)15(13)21)26(9-14(18(12)27)30-19(28)29)11-3-1-10(2-4-11)8-25-6-5-23-24-25/h1-7,9H,8H2,(H,28,29). The first kappa shape index (κ1) is 19.2. The molecule has 4 aromatic rings. The van der Waals surface area contributed by atoms with Crippen LogP contribution < -0.4 is 10.2 Å². The van der Waals surface area contributed by atoms with Gasteiger partial charge in [0, 0.05) is 11.9 Å². The summed E-state index contributed by atoms with van der Waals surface area (Å²) < 4.78 is 49.2. The smallest absolute Gasteiger partial charge is 0.449 e.